The van der Waals surface area contributed by atoms with Crippen molar-refractivity contribution >= 4 is 5.91 Å². The Morgan fingerprint density at radius 1 is 1.09 bits per heavy atom. The van der Waals surface area contributed by atoms with Crippen LogP contribution in [0.15, 0.2) is 0 Å². The Morgan fingerprint density at radius 2 is 1.95 bits per heavy atom. The van der Waals surface area contributed by atoms with Gasteiger partial charge in [-0.1, -0.05) is 6.92 Å². The Labute approximate surface area is 132 Å². The molecule has 3 nitrogen and oxygen atoms in total. The van der Waals surface area contributed by atoms with Crippen LogP contribution in [0.1, 0.15) is 78.8 Å². The number of piperidine rings is 1. The van der Waals surface area contributed by atoms with Gasteiger partial charge in [-0.25, -0.2) is 0 Å². The van der Waals surface area contributed by atoms with Crippen molar-refractivity contribution in [1.29, 1.82) is 0 Å². The van der Waals surface area contributed by atoms with E-state index in [9.17, 15) is 4.79 Å². The Kier molecular flexibility index (Phi) is 2.71. The third-order valence-electron chi connectivity index (χ3n) is 7.05. The van der Waals surface area contributed by atoms with Gasteiger partial charge in [0.15, 0.2) is 0 Å². The van der Waals surface area contributed by atoms with Crippen molar-refractivity contribution in [1.82, 2.24) is 9.47 Å². The summed E-state index contributed by atoms with van der Waals surface area (Å²) in [5.74, 6) is 0.404. The molecule has 0 spiro atoms. The summed E-state index contributed by atoms with van der Waals surface area (Å²) in [5, 5.41) is 0. The van der Waals surface area contributed by atoms with Crippen molar-refractivity contribution in [3.63, 3.8) is 0 Å². The molecule has 0 bridgehead atoms. The molecule has 5 rings (SSSR count). The lowest BCUT2D eigenvalue weighted by molar-refractivity contribution is -0.0181. The van der Waals surface area contributed by atoms with Gasteiger partial charge in [-0.3, -0.25) is 14.3 Å². The van der Waals surface area contributed by atoms with Gasteiger partial charge in [0.2, 0.25) is 5.91 Å². The third kappa shape index (κ3) is 1.49. The summed E-state index contributed by atoms with van der Waals surface area (Å²) in [6, 6.07) is 0.526. The molecule has 22 heavy (non-hydrogen) atoms. The maximum atomic E-state index is 13.1. The molecular weight excluding hydrogens is 272 g/mol. The maximum Gasteiger partial charge on any atom is 0.231 e. The fourth-order valence-corrected chi connectivity index (χ4v) is 6.05. The van der Waals surface area contributed by atoms with Crippen LogP contribution in [0.4, 0.5) is 0 Å². The highest BCUT2D eigenvalue weighted by Crippen LogP contribution is 2.57. The highest BCUT2D eigenvalue weighted by atomic mass is 16.2. The molecule has 0 amide bonds. The summed E-state index contributed by atoms with van der Waals surface area (Å²) >= 11 is 0. The lowest BCUT2D eigenvalue weighted by atomic mass is 9.64. The first kappa shape index (κ1) is 13.4. The summed E-state index contributed by atoms with van der Waals surface area (Å²) in [4.78, 5) is 15.8. The van der Waals surface area contributed by atoms with E-state index in [1.165, 1.54) is 63.0 Å². The first-order valence-electron chi connectivity index (χ1n) is 9.27. The van der Waals surface area contributed by atoms with Gasteiger partial charge < -0.3 is 0 Å². The second-order valence-electron chi connectivity index (χ2n) is 7.91. The van der Waals surface area contributed by atoms with E-state index < -0.39 is 0 Å². The second kappa shape index (κ2) is 4.47. The molecule has 1 saturated heterocycles. The van der Waals surface area contributed by atoms with E-state index in [4.69, 9.17) is 0 Å². The zero-order chi connectivity index (χ0) is 14.9. The molecule has 2 atom stereocenters. The van der Waals surface area contributed by atoms with Crippen LogP contribution in [0.3, 0.4) is 0 Å². The highest BCUT2D eigenvalue weighted by molar-refractivity contribution is 5.84. The van der Waals surface area contributed by atoms with E-state index in [1.807, 2.05) is 0 Å². The lowest BCUT2D eigenvalue weighted by Crippen LogP contribution is -2.53. The minimum absolute atomic E-state index is 0.224. The van der Waals surface area contributed by atoms with Crippen molar-refractivity contribution in [2.45, 2.75) is 70.8 Å². The zero-order valence-corrected chi connectivity index (χ0v) is 13.7. The third-order valence-corrected chi connectivity index (χ3v) is 7.05. The summed E-state index contributed by atoms with van der Waals surface area (Å²) < 4.78 is 2.21. The molecular formula is C19H26N2O. The minimum atomic E-state index is 0.224. The molecule has 0 saturated carbocycles. The molecule has 0 radical (unpaired) electrons. The predicted octanol–water partition coefficient (Wildman–Crippen LogP) is 3.50. The molecule has 3 aliphatic heterocycles. The average molecular weight is 298 g/mol. The number of fused-ring (bicyclic) bond motifs is 3. The van der Waals surface area contributed by atoms with Crippen molar-refractivity contribution in [2.24, 2.45) is 5.41 Å². The molecule has 0 aromatic carbocycles. The zero-order valence-electron chi connectivity index (χ0n) is 13.7. The van der Waals surface area contributed by atoms with Crippen molar-refractivity contribution in [3.8, 4) is 0 Å². The SMILES string of the molecule is CC[C@@]12CCCN3CCc4c5c(n(c4[C@@H]31)C(=O)C2)CCCC5. The quantitative estimate of drug-likeness (QED) is 0.793. The van der Waals surface area contributed by atoms with Gasteiger partial charge in [0.05, 0.1) is 6.04 Å². The van der Waals surface area contributed by atoms with E-state index in [-0.39, 0.29) is 5.41 Å². The predicted molar refractivity (Wildman–Crippen MR) is 86.3 cm³/mol. The normalized spacial score (nSPS) is 33.5. The van der Waals surface area contributed by atoms with Crippen LogP contribution in [-0.2, 0) is 19.3 Å². The first-order chi connectivity index (χ1) is 10.7. The van der Waals surface area contributed by atoms with Gasteiger partial charge in [0.1, 0.15) is 0 Å². The molecule has 1 fully saturated rings. The smallest absolute Gasteiger partial charge is 0.231 e. The van der Waals surface area contributed by atoms with Crippen LogP contribution in [0, 0.1) is 5.41 Å². The van der Waals surface area contributed by atoms with Gasteiger partial charge in [0.25, 0.3) is 0 Å². The van der Waals surface area contributed by atoms with Crippen LogP contribution in [0.2, 0.25) is 0 Å². The molecule has 1 aromatic heterocycles. The molecule has 118 valence electrons. The Hall–Kier alpha value is -1.09. The molecule has 4 heterocycles. The topological polar surface area (TPSA) is 25.2 Å². The van der Waals surface area contributed by atoms with Gasteiger partial charge >= 0.3 is 0 Å². The van der Waals surface area contributed by atoms with Crippen LogP contribution < -0.4 is 0 Å². The number of nitrogens with zero attached hydrogens (tertiary/aromatic N) is 2. The molecule has 1 aliphatic carbocycles. The summed E-state index contributed by atoms with van der Waals surface area (Å²) in [7, 11) is 0. The van der Waals surface area contributed by atoms with Gasteiger partial charge in [-0.05, 0) is 69.0 Å². The van der Waals surface area contributed by atoms with E-state index >= 15 is 0 Å². The number of hydrogen-bond donors (Lipinski definition) is 0. The molecule has 0 N–H and O–H groups in total. The molecule has 1 aromatic rings. The second-order valence-corrected chi connectivity index (χ2v) is 7.91. The van der Waals surface area contributed by atoms with E-state index in [0.717, 1.165) is 19.3 Å². The van der Waals surface area contributed by atoms with Crippen molar-refractivity contribution in [3.05, 3.63) is 22.5 Å². The lowest BCUT2D eigenvalue weighted by Gasteiger charge is -2.54. The summed E-state index contributed by atoms with van der Waals surface area (Å²) in [6.07, 6.45) is 10.5. The van der Waals surface area contributed by atoms with Crippen LogP contribution >= 0.6 is 0 Å². The van der Waals surface area contributed by atoms with Gasteiger partial charge in [0, 0.05) is 29.8 Å². The average Bonchev–Trinajstić information content (AvgIpc) is 2.89. The summed E-state index contributed by atoms with van der Waals surface area (Å²) in [5.41, 5.74) is 6.23. The monoisotopic (exact) mass is 298 g/mol. The Bertz CT molecular complexity index is 659. The van der Waals surface area contributed by atoms with Crippen LogP contribution in [-0.4, -0.2) is 28.5 Å². The van der Waals surface area contributed by atoms with Gasteiger partial charge in [-0.2, -0.15) is 0 Å². The van der Waals surface area contributed by atoms with Crippen LogP contribution in [0.5, 0.6) is 0 Å². The van der Waals surface area contributed by atoms with Gasteiger partial charge in [-0.15, -0.1) is 0 Å². The molecule has 4 aliphatic rings. The number of aromatic nitrogens is 1. The number of carbonyl (C=O) groups excluding carboxylic acids is 1. The number of hydrogen-bond acceptors (Lipinski definition) is 2. The minimum Gasteiger partial charge on any atom is -0.294 e. The van der Waals surface area contributed by atoms with E-state index in [2.05, 4.69) is 16.4 Å². The van der Waals surface area contributed by atoms with Crippen molar-refractivity contribution < 1.29 is 4.79 Å². The fraction of sp³-hybridized carbons (Fsp3) is 0.737. The highest BCUT2D eigenvalue weighted by Gasteiger charge is 2.53. The van der Waals surface area contributed by atoms with Crippen LogP contribution in [0.25, 0.3) is 0 Å². The standard InChI is InChI=1S/C19H26N2O/c1-2-19-9-5-10-20-11-8-14-13-6-3-4-7-15(13)21(16(22)12-19)17(14)18(19)20/h18H,2-12H2,1H3/t18-,19+/m1/s1. The Balaban J connectivity index is 1.79. The maximum absolute atomic E-state index is 13.1. The van der Waals surface area contributed by atoms with E-state index in [0.29, 0.717) is 11.9 Å². The Morgan fingerprint density at radius 3 is 2.82 bits per heavy atom. The molecule has 3 heteroatoms. The summed E-state index contributed by atoms with van der Waals surface area (Å²) in [6.45, 7) is 4.75. The molecule has 0 unspecified atom stereocenters. The largest absolute Gasteiger partial charge is 0.294 e. The van der Waals surface area contributed by atoms with E-state index in [1.54, 1.807) is 11.1 Å². The van der Waals surface area contributed by atoms with Crippen molar-refractivity contribution in [2.75, 3.05) is 13.1 Å². The number of carbonyl (C=O) groups is 1. The number of rotatable bonds is 1. The first-order valence-corrected chi connectivity index (χ1v) is 9.27. The fourth-order valence-electron chi connectivity index (χ4n) is 6.05.